The molecular formula is C22H24N4O4. The number of nitrogens with two attached hydrogens (primary N) is 2. The van der Waals surface area contributed by atoms with Crippen molar-refractivity contribution in [1.29, 1.82) is 0 Å². The monoisotopic (exact) mass is 408 g/mol. The van der Waals surface area contributed by atoms with Crippen LogP contribution in [0, 0.1) is 0 Å². The van der Waals surface area contributed by atoms with Crippen molar-refractivity contribution in [3.05, 3.63) is 72.1 Å². The fourth-order valence-electron chi connectivity index (χ4n) is 3.19. The third-order valence-electron chi connectivity index (χ3n) is 4.77. The number of aromatic nitrogens is 2. The van der Waals surface area contributed by atoms with Gasteiger partial charge in [-0.2, -0.15) is 0 Å². The minimum Gasteiger partial charge on any atom is -0.480 e. The Bertz CT molecular complexity index is 1120. The smallest absolute Gasteiger partial charge is 0.320 e. The van der Waals surface area contributed by atoms with Crippen LogP contribution in [0.5, 0.6) is 0 Å². The Morgan fingerprint density at radius 2 is 1.47 bits per heavy atom. The van der Waals surface area contributed by atoms with Gasteiger partial charge in [-0.15, -0.1) is 0 Å². The Kier molecular flexibility index (Phi) is 6.51. The van der Waals surface area contributed by atoms with Crippen LogP contribution in [-0.2, 0) is 22.4 Å². The Hall–Kier alpha value is -3.62. The van der Waals surface area contributed by atoms with Gasteiger partial charge in [0.05, 0.1) is 0 Å². The van der Waals surface area contributed by atoms with Crippen LogP contribution in [0.4, 0.5) is 0 Å². The van der Waals surface area contributed by atoms with Crippen molar-refractivity contribution in [2.24, 2.45) is 11.5 Å². The maximum atomic E-state index is 10.6. The molecule has 0 aliphatic carbocycles. The zero-order valence-electron chi connectivity index (χ0n) is 16.2. The van der Waals surface area contributed by atoms with Gasteiger partial charge in [-0.25, -0.2) is 0 Å². The molecule has 156 valence electrons. The highest BCUT2D eigenvalue weighted by Crippen LogP contribution is 2.18. The van der Waals surface area contributed by atoms with Gasteiger partial charge < -0.3 is 31.6 Å². The normalized spacial score (nSPS) is 12.9. The van der Waals surface area contributed by atoms with E-state index in [2.05, 4.69) is 9.97 Å². The number of carbonyl (C=O) groups is 2. The second-order valence-corrected chi connectivity index (χ2v) is 7.04. The predicted molar refractivity (Wildman–Crippen MR) is 115 cm³/mol. The van der Waals surface area contributed by atoms with E-state index in [1.54, 1.807) is 0 Å². The SMILES string of the molecule is N[C@@H](Cc1c[nH]c2ccccc12)C(=O)O.N[C@@H](Cc1cc2ccccc2[nH]1)C(=O)O. The lowest BCUT2D eigenvalue weighted by atomic mass is 10.1. The number of benzene rings is 2. The highest BCUT2D eigenvalue weighted by atomic mass is 16.4. The summed E-state index contributed by atoms with van der Waals surface area (Å²) < 4.78 is 0. The minimum atomic E-state index is -0.978. The molecule has 0 fully saturated rings. The lowest BCUT2D eigenvalue weighted by molar-refractivity contribution is -0.139. The number of fused-ring (bicyclic) bond motifs is 2. The maximum absolute atomic E-state index is 10.6. The van der Waals surface area contributed by atoms with Crippen LogP contribution in [0.3, 0.4) is 0 Å². The maximum Gasteiger partial charge on any atom is 0.320 e. The summed E-state index contributed by atoms with van der Waals surface area (Å²) in [4.78, 5) is 27.4. The van der Waals surface area contributed by atoms with E-state index in [9.17, 15) is 9.59 Å². The molecule has 4 aromatic rings. The molecule has 2 heterocycles. The molecule has 0 aliphatic heterocycles. The van der Waals surface area contributed by atoms with Crippen molar-refractivity contribution in [1.82, 2.24) is 9.97 Å². The van der Waals surface area contributed by atoms with Gasteiger partial charge in [0.15, 0.2) is 0 Å². The number of hydrogen-bond acceptors (Lipinski definition) is 4. The number of aromatic amines is 2. The summed E-state index contributed by atoms with van der Waals surface area (Å²) in [7, 11) is 0. The van der Waals surface area contributed by atoms with Gasteiger partial charge in [-0.3, -0.25) is 9.59 Å². The molecule has 2 aromatic heterocycles. The summed E-state index contributed by atoms with van der Waals surface area (Å²) in [5, 5.41) is 19.5. The second-order valence-electron chi connectivity index (χ2n) is 7.04. The number of H-pyrrole nitrogens is 2. The van der Waals surface area contributed by atoms with Crippen LogP contribution in [-0.4, -0.2) is 44.2 Å². The molecule has 0 aliphatic rings. The minimum absolute atomic E-state index is 0.323. The van der Waals surface area contributed by atoms with E-state index in [0.29, 0.717) is 12.8 Å². The van der Waals surface area contributed by atoms with Crippen LogP contribution < -0.4 is 11.5 Å². The topological polar surface area (TPSA) is 158 Å². The van der Waals surface area contributed by atoms with Crippen molar-refractivity contribution in [3.63, 3.8) is 0 Å². The molecule has 0 saturated carbocycles. The van der Waals surface area contributed by atoms with Crippen molar-refractivity contribution in [3.8, 4) is 0 Å². The van der Waals surface area contributed by atoms with E-state index in [4.69, 9.17) is 21.7 Å². The largest absolute Gasteiger partial charge is 0.480 e. The molecule has 0 spiro atoms. The summed E-state index contributed by atoms with van der Waals surface area (Å²) >= 11 is 0. The van der Waals surface area contributed by atoms with Crippen LogP contribution in [0.1, 0.15) is 11.3 Å². The highest BCUT2D eigenvalue weighted by molar-refractivity contribution is 5.84. The van der Waals surface area contributed by atoms with Gasteiger partial charge in [0.2, 0.25) is 0 Å². The molecule has 0 unspecified atom stereocenters. The first-order valence-electron chi connectivity index (χ1n) is 9.43. The Morgan fingerprint density at radius 3 is 2.13 bits per heavy atom. The van der Waals surface area contributed by atoms with E-state index in [1.807, 2.05) is 60.8 Å². The molecule has 2 atom stereocenters. The summed E-state index contributed by atoms with van der Waals surface area (Å²) in [6, 6.07) is 15.8. The zero-order valence-corrected chi connectivity index (χ0v) is 16.2. The van der Waals surface area contributed by atoms with Crippen molar-refractivity contribution < 1.29 is 19.8 Å². The summed E-state index contributed by atoms with van der Waals surface area (Å²) in [5.74, 6) is -1.95. The lowest BCUT2D eigenvalue weighted by Gasteiger charge is -2.04. The van der Waals surface area contributed by atoms with Gasteiger partial charge in [0, 0.05) is 41.2 Å². The van der Waals surface area contributed by atoms with E-state index in [0.717, 1.165) is 33.1 Å². The predicted octanol–water partition coefficient (Wildman–Crippen LogP) is 2.24. The third kappa shape index (κ3) is 5.05. The summed E-state index contributed by atoms with van der Waals surface area (Å²) in [6.07, 6.45) is 2.48. The number of nitrogens with one attached hydrogen (secondary N) is 2. The summed E-state index contributed by atoms with van der Waals surface area (Å²) in [6.45, 7) is 0. The number of para-hydroxylation sites is 2. The highest BCUT2D eigenvalue weighted by Gasteiger charge is 2.14. The molecule has 4 rings (SSSR count). The number of carboxylic acid groups (broad SMARTS) is 2. The summed E-state index contributed by atoms with van der Waals surface area (Å²) in [5.41, 5.74) is 14.7. The van der Waals surface area contributed by atoms with Crippen molar-refractivity contribution >= 4 is 33.7 Å². The average molecular weight is 408 g/mol. The van der Waals surface area contributed by atoms with Crippen LogP contribution in [0.25, 0.3) is 21.8 Å². The quantitative estimate of drug-likeness (QED) is 0.287. The molecule has 0 bridgehead atoms. The van der Waals surface area contributed by atoms with Gasteiger partial charge in [0.25, 0.3) is 0 Å². The Balaban J connectivity index is 0.000000171. The van der Waals surface area contributed by atoms with Crippen LogP contribution in [0.2, 0.25) is 0 Å². The third-order valence-corrected chi connectivity index (χ3v) is 4.77. The molecule has 0 saturated heterocycles. The average Bonchev–Trinajstić information content (AvgIpc) is 3.32. The van der Waals surface area contributed by atoms with Crippen molar-refractivity contribution in [2.75, 3.05) is 0 Å². The molecule has 8 heteroatoms. The van der Waals surface area contributed by atoms with Crippen molar-refractivity contribution in [2.45, 2.75) is 24.9 Å². The standard InChI is InChI=1S/2C11H12N2O2/c12-9(11(14)15)5-7-6-13-10-4-2-1-3-8(7)10;12-9(11(14)15)6-8-5-7-3-1-2-4-10(7)13-8/h1-4,6,9,13H,5,12H2,(H,14,15);1-5,9,13H,6,12H2,(H,14,15)/t2*9-/m00/s1. The van der Waals surface area contributed by atoms with E-state index in [-0.39, 0.29) is 0 Å². The number of rotatable bonds is 6. The first-order valence-corrected chi connectivity index (χ1v) is 9.43. The second kappa shape index (κ2) is 9.25. The van der Waals surface area contributed by atoms with Gasteiger partial charge in [0.1, 0.15) is 12.1 Å². The molecule has 8 nitrogen and oxygen atoms in total. The Labute approximate surface area is 172 Å². The Morgan fingerprint density at radius 1 is 0.867 bits per heavy atom. The molecular weight excluding hydrogens is 384 g/mol. The lowest BCUT2D eigenvalue weighted by Crippen LogP contribution is -2.32. The first-order chi connectivity index (χ1) is 14.3. The van der Waals surface area contributed by atoms with E-state index in [1.165, 1.54) is 0 Å². The number of aliphatic carboxylic acids is 2. The fourth-order valence-corrected chi connectivity index (χ4v) is 3.19. The van der Waals surface area contributed by atoms with E-state index < -0.39 is 24.0 Å². The van der Waals surface area contributed by atoms with Gasteiger partial charge >= 0.3 is 11.9 Å². The van der Waals surface area contributed by atoms with E-state index >= 15 is 0 Å². The van der Waals surface area contributed by atoms with Gasteiger partial charge in [-0.05, 0) is 29.1 Å². The van der Waals surface area contributed by atoms with Gasteiger partial charge in [-0.1, -0.05) is 36.4 Å². The number of carboxylic acids is 2. The zero-order chi connectivity index (χ0) is 21.7. The molecule has 8 N–H and O–H groups in total. The molecule has 0 radical (unpaired) electrons. The fraction of sp³-hybridized carbons (Fsp3) is 0.182. The van der Waals surface area contributed by atoms with Crippen LogP contribution in [0.15, 0.2) is 60.8 Å². The molecule has 30 heavy (non-hydrogen) atoms. The first kappa shape index (κ1) is 21.1. The number of hydrogen-bond donors (Lipinski definition) is 6. The van der Waals surface area contributed by atoms with Crippen LogP contribution >= 0.6 is 0 Å². The molecule has 0 amide bonds. The molecule has 2 aromatic carbocycles.